The van der Waals surface area contributed by atoms with Gasteiger partial charge in [0.1, 0.15) is 6.04 Å². The summed E-state index contributed by atoms with van der Waals surface area (Å²) in [5, 5.41) is 11.3. The fraction of sp³-hybridized carbons (Fsp3) is 0.385. The lowest BCUT2D eigenvalue weighted by molar-refractivity contribution is -0.139. The van der Waals surface area contributed by atoms with Gasteiger partial charge in [-0.25, -0.2) is 4.79 Å². The fourth-order valence-corrected chi connectivity index (χ4v) is 2.34. The molecule has 0 aliphatic carbocycles. The first kappa shape index (κ1) is 17.1. The molecule has 0 heterocycles. The molecule has 0 fully saturated rings. The third-order valence-electron chi connectivity index (χ3n) is 2.91. The Kier molecular flexibility index (Phi) is 5.86. The van der Waals surface area contributed by atoms with Crippen LogP contribution in [0.5, 0.6) is 0 Å². The predicted octanol–water partition coefficient (Wildman–Crippen LogP) is 0.710. The summed E-state index contributed by atoms with van der Waals surface area (Å²) in [6.07, 6.45) is 0.195. The summed E-state index contributed by atoms with van der Waals surface area (Å²) in [5.74, 6) is -2.68. The highest BCUT2D eigenvalue weighted by Gasteiger charge is 2.23. The molecule has 0 radical (unpaired) electrons. The van der Waals surface area contributed by atoms with E-state index in [-0.39, 0.29) is 0 Å². The molecular weight excluding hydrogens is 298 g/mol. The number of carboxylic acids is 1. The Hall–Kier alpha value is -1.93. The molecule has 21 heavy (non-hydrogen) atoms. The van der Waals surface area contributed by atoms with E-state index in [4.69, 9.17) is 9.66 Å². The van der Waals surface area contributed by atoms with Crippen LogP contribution < -0.4 is 5.32 Å². The van der Waals surface area contributed by atoms with Gasteiger partial charge in [0.05, 0.1) is 5.75 Å². The number of hydrogen-bond acceptors (Lipinski definition) is 4. The van der Waals surface area contributed by atoms with Crippen LogP contribution >= 0.6 is 0 Å². The Labute approximate surface area is 122 Å². The number of rotatable bonds is 7. The van der Waals surface area contributed by atoms with E-state index in [9.17, 15) is 18.0 Å². The van der Waals surface area contributed by atoms with Gasteiger partial charge < -0.3 is 10.4 Å². The van der Waals surface area contributed by atoms with Crippen molar-refractivity contribution < 1.29 is 27.7 Å². The van der Waals surface area contributed by atoms with Gasteiger partial charge in [0.2, 0.25) is 0 Å². The van der Waals surface area contributed by atoms with Crippen LogP contribution in [-0.4, -0.2) is 41.7 Å². The molecule has 1 atom stereocenters. The predicted molar refractivity (Wildman–Crippen MR) is 75.7 cm³/mol. The number of hydrogen-bond donors (Lipinski definition) is 3. The first-order valence-electron chi connectivity index (χ1n) is 6.31. The van der Waals surface area contributed by atoms with Crippen molar-refractivity contribution in [2.75, 3.05) is 5.75 Å². The highest BCUT2D eigenvalue weighted by Crippen LogP contribution is 2.10. The summed E-state index contributed by atoms with van der Waals surface area (Å²) in [6, 6.07) is 5.35. The topological polar surface area (TPSA) is 121 Å². The van der Waals surface area contributed by atoms with Crippen LogP contribution in [0.4, 0.5) is 0 Å². The van der Waals surface area contributed by atoms with E-state index in [1.165, 1.54) is 0 Å². The molecule has 8 heteroatoms. The molecule has 3 N–H and O–H groups in total. The molecule has 0 unspecified atom stereocenters. The summed E-state index contributed by atoms with van der Waals surface area (Å²) >= 11 is 0. The first-order chi connectivity index (χ1) is 9.74. The van der Waals surface area contributed by atoms with E-state index >= 15 is 0 Å². The minimum absolute atomic E-state index is 0.345. The second-order valence-corrected chi connectivity index (χ2v) is 6.02. The molecule has 1 rings (SSSR count). The van der Waals surface area contributed by atoms with Crippen molar-refractivity contribution in [3.63, 3.8) is 0 Å². The van der Waals surface area contributed by atoms with Crippen molar-refractivity contribution in [1.82, 2.24) is 5.32 Å². The van der Waals surface area contributed by atoms with Gasteiger partial charge in [0.15, 0.2) is 0 Å². The fourth-order valence-electron chi connectivity index (χ4n) is 1.81. The summed E-state index contributed by atoms with van der Waals surface area (Å²) in [7, 11) is -4.28. The maximum absolute atomic E-state index is 12.1. The van der Waals surface area contributed by atoms with Crippen LogP contribution in [0.3, 0.4) is 0 Å². The molecule has 0 aromatic heterocycles. The number of benzene rings is 1. The largest absolute Gasteiger partial charge is 0.480 e. The maximum atomic E-state index is 12.1. The lowest BCUT2D eigenvalue weighted by Gasteiger charge is -2.15. The van der Waals surface area contributed by atoms with E-state index in [1.807, 2.05) is 6.92 Å². The van der Waals surface area contributed by atoms with Gasteiger partial charge in [0, 0.05) is 5.56 Å². The van der Waals surface area contributed by atoms with Crippen LogP contribution in [0.1, 0.15) is 29.3 Å². The second-order valence-electron chi connectivity index (χ2n) is 4.45. The van der Waals surface area contributed by atoms with Gasteiger partial charge in [-0.2, -0.15) is 8.42 Å². The van der Waals surface area contributed by atoms with E-state index in [0.29, 0.717) is 12.0 Å². The third kappa shape index (κ3) is 5.52. The quantitative estimate of drug-likeness (QED) is 0.637. The highest BCUT2D eigenvalue weighted by molar-refractivity contribution is 7.85. The minimum Gasteiger partial charge on any atom is -0.480 e. The van der Waals surface area contributed by atoms with Crippen molar-refractivity contribution >= 4 is 22.0 Å². The normalized spacial score (nSPS) is 12.7. The average Bonchev–Trinajstić information content (AvgIpc) is 2.41. The first-order valence-corrected chi connectivity index (χ1v) is 7.92. The Morgan fingerprint density at radius 2 is 1.90 bits per heavy atom. The summed E-state index contributed by atoms with van der Waals surface area (Å²) in [6.45, 7) is 1.86. The zero-order valence-corrected chi connectivity index (χ0v) is 12.3. The SMILES string of the molecule is CCc1ccccc1C(=O)N[C@@H](CCS(=O)(=O)O)C(=O)O. The molecular formula is C13H17NO6S. The molecule has 7 nitrogen and oxygen atoms in total. The van der Waals surface area contributed by atoms with Crippen molar-refractivity contribution in [3.05, 3.63) is 35.4 Å². The number of carboxylic acid groups (broad SMARTS) is 1. The molecule has 1 aromatic carbocycles. The van der Waals surface area contributed by atoms with E-state index in [0.717, 1.165) is 5.56 Å². The van der Waals surface area contributed by atoms with Gasteiger partial charge in [0.25, 0.3) is 16.0 Å². The second kappa shape index (κ2) is 7.19. The zero-order valence-electron chi connectivity index (χ0n) is 11.4. The number of amides is 1. The highest BCUT2D eigenvalue weighted by atomic mass is 32.2. The standard InChI is InChI=1S/C13H17NO6S/c1-2-9-5-3-4-6-10(9)12(15)14-11(13(16)17)7-8-21(18,19)20/h3-6,11H,2,7-8H2,1H3,(H,14,15)(H,16,17)(H,18,19,20)/t11-/m0/s1. The van der Waals surface area contributed by atoms with Gasteiger partial charge in [-0.15, -0.1) is 0 Å². The minimum atomic E-state index is -4.28. The molecule has 116 valence electrons. The Balaban J connectivity index is 2.84. The smallest absolute Gasteiger partial charge is 0.326 e. The van der Waals surface area contributed by atoms with Crippen LogP contribution in [0, 0.1) is 0 Å². The lowest BCUT2D eigenvalue weighted by atomic mass is 10.0. The number of aryl methyl sites for hydroxylation is 1. The van der Waals surface area contributed by atoms with Gasteiger partial charge in [-0.1, -0.05) is 25.1 Å². The third-order valence-corrected chi connectivity index (χ3v) is 3.66. The summed E-state index contributed by atoms with van der Waals surface area (Å²) in [5.41, 5.74) is 1.10. The molecule has 0 saturated heterocycles. The van der Waals surface area contributed by atoms with Crippen molar-refractivity contribution in [2.45, 2.75) is 25.8 Å². The van der Waals surface area contributed by atoms with Crippen LogP contribution in [0.2, 0.25) is 0 Å². The maximum Gasteiger partial charge on any atom is 0.326 e. The molecule has 0 aliphatic heterocycles. The molecule has 0 spiro atoms. The molecule has 0 aliphatic rings. The van der Waals surface area contributed by atoms with Crippen LogP contribution in [0.15, 0.2) is 24.3 Å². The van der Waals surface area contributed by atoms with Crippen molar-refractivity contribution in [1.29, 1.82) is 0 Å². The molecule has 0 bridgehead atoms. The van der Waals surface area contributed by atoms with Gasteiger partial charge >= 0.3 is 5.97 Å². The monoisotopic (exact) mass is 315 g/mol. The zero-order chi connectivity index (χ0) is 16.0. The van der Waals surface area contributed by atoms with Gasteiger partial charge in [-0.3, -0.25) is 9.35 Å². The van der Waals surface area contributed by atoms with E-state index < -0.39 is 40.2 Å². The molecule has 0 saturated carbocycles. The van der Waals surface area contributed by atoms with Crippen molar-refractivity contribution in [2.24, 2.45) is 0 Å². The van der Waals surface area contributed by atoms with Crippen molar-refractivity contribution in [3.8, 4) is 0 Å². The lowest BCUT2D eigenvalue weighted by Crippen LogP contribution is -2.42. The van der Waals surface area contributed by atoms with Crippen LogP contribution in [0.25, 0.3) is 0 Å². The van der Waals surface area contributed by atoms with Crippen LogP contribution in [-0.2, 0) is 21.3 Å². The Morgan fingerprint density at radius 1 is 1.29 bits per heavy atom. The Morgan fingerprint density at radius 3 is 2.43 bits per heavy atom. The number of aliphatic carboxylic acids is 1. The van der Waals surface area contributed by atoms with Gasteiger partial charge in [-0.05, 0) is 24.5 Å². The Bertz CT molecular complexity index is 625. The summed E-state index contributed by atoms with van der Waals surface area (Å²) in [4.78, 5) is 23.1. The summed E-state index contributed by atoms with van der Waals surface area (Å²) < 4.78 is 30.0. The number of carbonyl (C=O) groups is 2. The van der Waals surface area contributed by atoms with E-state index in [1.54, 1.807) is 24.3 Å². The number of carbonyl (C=O) groups excluding carboxylic acids is 1. The average molecular weight is 315 g/mol. The molecule has 1 aromatic rings. The van der Waals surface area contributed by atoms with E-state index in [2.05, 4.69) is 5.32 Å². The molecule has 1 amide bonds. The number of nitrogens with one attached hydrogen (secondary N) is 1.